The highest BCUT2D eigenvalue weighted by molar-refractivity contribution is 5.79. The lowest BCUT2D eigenvalue weighted by atomic mass is 10.0. The Kier molecular flexibility index (Phi) is 4.74. The Morgan fingerprint density at radius 3 is 2.88 bits per heavy atom. The number of hydrogen-bond donors (Lipinski definition) is 3. The van der Waals surface area contributed by atoms with E-state index in [1.165, 1.54) is 6.20 Å². The molecule has 0 spiro atoms. The van der Waals surface area contributed by atoms with Crippen LogP contribution >= 0.6 is 0 Å². The summed E-state index contributed by atoms with van der Waals surface area (Å²) in [4.78, 5) is 9.03. The number of aromatic nitrogens is 7. The summed E-state index contributed by atoms with van der Waals surface area (Å²) >= 11 is 0. The second kappa shape index (κ2) is 7.91. The summed E-state index contributed by atoms with van der Waals surface area (Å²) in [6, 6.07) is 6.07. The van der Waals surface area contributed by atoms with Gasteiger partial charge in [-0.15, -0.1) is 5.10 Å². The molecule has 0 unspecified atom stereocenters. The molecule has 3 N–H and O–H groups in total. The van der Waals surface area contributed by atoms with E-state index in [1.54, 1.807) is 27.8 Å². The van der Waals surface area contributed by atoms with Gasteiger partial charge in [-0.1, -0.05) is 5.21 Å². The quantitative estimate of drug-likeness (QED) is 0.418. The van der Waals surface area contributed by atoms with Crippen molar-refractivity contribution < 1.29 is 5.11 Å². The maximum Gasteiger partial charge on any atom is 0.164 e. The zero-order valence-electron chi connectivity index (χ0n) is 17.8. The third-order valence-electron chi connectivity index (χ3n) is 6.12. The summed E-state index contributed by atoms with van der Waals surface area (Å²) in [5.41, 5.74) is 3.55. The summed E-state index contributed by atoms with van der Waals surface area (Å²) in [6.07, 6.45) is 9.32. The fraction of sp³-hybridized carbons (Fsp3) is 0.364. The maximum absolute atomic E-state index is 10.4. The molecule has 0 amide bonds. The van der Waals surface area contributed by atoms with E-state index in [4.69, 9.17) is 5.26 Å². The van der Waals surface area contributed by atoms with Crippen LogP contribution in [0.3, 0.4) is 0 Å². The molecular weight excluding hydrogens is 420 g/mol. The minimum atomic E-state index is -0.451. The van der Waals surface area contributed by atoms with Crippen molar-refractivity contribution in [2.24, 2.45) is 0 Å². The minimum Gasteiger partial charge on any atom is -0.391 e. The van der Waals surface area contributed by atoms with Gasteiger partial charge in [0.05, 0.1) is 30.1 Å². The highest BCUT2D eigenvalue weighted by Gasteiger charge is 2.27. The van der Waals surface area contributed by atoms with E-state index in [0.717, 1.165) is 36.0 Å². The van der Waals surface area contributed by atoms with Gasteiger partial charge in [0.2, 0.25) is 0 Å². The molecule has 4 aromatic rings. The number of nitriles is 1. The van der Waals surface area contributed by atoms with Crippen molar-refractivity contribution in [2.75, 3.05) is 18.4 Å². The number of pyridine rings is 2. The second-order valence-electron chi connectivity index (χ2n) is 8.52. The van der Waals surface area contributed by atoms with Crippen LogP contribution in [0.1, 0.15) is 30.9 Å². The lowest BCUT2D eigenvalue weighted by Gasteiger charge is -2.27. The van der Waals surface area contributed by atoms with Gasteiger partial charge >= 0.3 is 0 Å². The number of fused-ring (bicyclic) bond motifs is 1. The van der Waals surface area contributed by atoms with Crippen LogP contribution in [0.15, 0.2) is 36.9 Å². The highest BCUT2D eigenvalue weighted by atomic mass is 16.3. The van der Waals surface area contributed by atoms with Crippen molar-refractivity contribution in [3.8, 4) is 23.1 Å². The van der Waals surface area contributed by atoms with E-state index in [9.17, 15) is 5.11 Å². The van der Waals surface area contributed by atoms with Crippen LogP contribution in [0.5, 0.6) is 0 Å². The molecule has 4 aromatic heterocycles. The molecule has 1 aliphatic carbocycles. The van der Waals surface area contributed by atoms with E-state index in [-0.39, 0.29) is 6.04 Å². The highest BCUT2D eigenvalue weighted by Crippen LogP contribution is 2.33. The molecule has 2 fully saturated rings. The molecule has 0 radical (unpaired) electrons. The molecule has 2 aliphatic rings. The van der Waals surface area contributed by atoms with E-state index in [1.807, 2.05) is 12.3 Å². The van der Waals surface area contributed by atoms with E-state index in [2.05, 4.69) is 42.1 Å². The van der Waals surface area contributed by atoms with Gasteiger partial charge in [-0.2, -0.15) is 15.0 Å². The summed E-state index contributed by atoms with van der Waals surface area (Å²) in [5.74, 6) is 0.619. The first kappa shape index (κ1) is 19.8. The van der Waals surface area contributed by atoms with Crippen molar-refractivity contribution in [3.05, 3.63) is 42.5 Å². The number of nitrogens with one attached hydrogen (secondary N) is 2. The number of anilines is 1. The SMILES string of the molecule is N#Cc1cnc2c(cnn2-c2cc(NC3CC3)c(-c3cn([C@H]4CNCC[C@@H]4O)nn3)cn2)c1. The number of rotatable bonds is 5. The van der Waals surface area contributed by atoms with Gasteiger partial charge in [0, 0.05) is 47.7 Å². The standard InChI is InChI=1S/C22H22N10O/c23-7-13-5-14-9-27-32(22(14)26-8-13)21-6-17(28-15-1-2-15)16(10-25-21)18-12-31(30-29-18)19-11-24-4-3-20(19)33/h5-6,8-10,12,15,19-20,24,33H,1-4,11H2,(H,25,28)/t19-,20-/m0/s1. The summed E-state index contributed by atoms with van der Waals surface area (Å²) < 4.78 is 3.40. The average molecular weight is 442 g/mol. The van der Waals surface area contributed by atoms with Gasteiger partial charge in [-0.05, 0) is 31.9 Å². The molecule has 166 valence electrons. The molecule has 33 heavy (non-hydrogen) atoms. The van der Waals surface area contributed by atoms with Gasteiger partial charge in [-0.25, -0.2) is 14.6 Å². The van der Waals surface area contributed by atoms with Crippen LogP contribution in [0, 0.1) is 11.3 Å². The molecular formula is C22H22N10O. The van der Waals surface area contributed by atoms with Crippen molar-refractivity contribution in [3.63, 3.8) is 0 Å². The number of hydrogen-bond acceptors (Lipinski definition) is 9. The van der Waals surface area contributed by atoms with Crippen LogP contribution in [0.4, 0.5) is 5.69 Å². The van der Waals surface area contributed by atoms with Crippen molar-refractivity contribution in [2.45, 2.75) is 37.5 Å². The first-order chi connectivity index (χ1) is 16.2. The number of nitrogens with zero attached hydrogens (tertiary/aromatic N) is 8. The first-order valence-corrected chi connectivity index (χ1v) is 11.0. The lowest BCUT2D eigenvalue weighted by molar-refractivity contribution is 0.0773. The molecule has 2 atom stereocenters. The Morgan fingerprint density at radius 2 is 2.06 bits per heavy atom. The molecule has 1 aliphatic heterocycles. The largest absolute Gasteiger partial charge is 0.391 e. The van der Waals surface area contributed by atoms with Gasteiger partial charge in [0.25, 0.3) is 0 Å². The van der Waals surface area contributed by atoms with Gasteiger partial charge in [0.15, 0.2) is 11.5 Å². The first-order valence-electron chi connectivity index (χ1n) is 11.0. The smallest absolute Gasteiger partial charge is 0.164 e. The van der Waals surface area contributed by atoms with Crippen LogP contribution < -0.4 is 10.6 Å². The van der Waals surface area contributed by atoms with Gasteiger partial charge in [-0.3, -0.25) is 0 Å². The predicted octanol–water partition coefficient (Wildman–Crippen LogP) is 1.42. The van der Waals surface area contributed by atoms with Crippen LogP contribution in [0.2, 0.25) is 0 Å². The molecule has 11 nitrogen and oxygen atoms in total. The van der Waals surface area contributed by atoms with E-state index >= 15 is 0 Å². The number of piperidine rings is 1. The zero-order valence-corrected chi connectivity index (χ0v) is 17.8. The van der Waals surface area contributed by atoms with Gasteiger partial charge in [0.1, 0.15) is 11.8 Å². The topological polar surface area (TPSA) is 142 Å². The molecule has 5 heterocycles. The fourth-order valence-electron chi connectivity index (χ4n) is 4.14. The lowest BCUT2D eigenvalue weighted by Crippen LogP contribution is -2.41. The van der Waals surface area contributed by atoms with Crippen molar-refractivity contribution in [1.82, 2.24) is 40.1 Å². The third kappa shape index (κ3) is 3.69. The van der Waals surface area contributed by atoms with Crippen LogP contribution in [0.25, 0.3) is 28.1 Å². The molecule has 0 bridgehead atoms. The van der Waals surface area contributed by atoms with Crippen LogP contribution in [-0.4, -0.2) is 65.1 Å². The summed E-state index contributed by atoms with van der Waals surface area (Å²) in [7, 11) is 0. The summed E-state index contributed by atoms with van der Waals surface area (Å²) in [5, 5.41) is 40.2. The normalized spacial score (nSPS) is 20.6. The molecule has 6 rings (SSSR count). The Morgan fingerprint density at radius 1 is 1.15 bits per heavy atom. The fourth-order valence-corrected chi connectivity index (χ4v) is 4.14. The average Bonchev–Trinajstić information content (AvgIpc) is 3.35. The van der Waals surface area contributed by atoms with Crippen LogP contribution in [-0.2, 0) is 0 Å². The van der Waals surface area contributed by atoms with E-state index in [0.29, 0.717) is 41.7 Å². The predicted molar refractivity (Wildman–Crippen MR) is 120 cm³/mol. The minimum absolute atomic E-state index is 0.146. The monoisotopic (exact) mass is 442 g/mol. The second-order valence-corrected chi connectivity index (χ2v) is 8.52. The van der Waals surface area contributed by atoms with E-state index < -0.39 is 6.10 Å². The van der Waals surface area contributed by atoms with Crippen molar-refractivity contribution in [1.29, 1.82) is 5.26 Å². The third-order valence-corrected chi connectivity index (χ3v) is 6.12. The zero-order chi connectivity index (χ0) is 22.4. The Balaban J connectivity index is 1.37. The molecule has 1 saturated carbocycles. The number of aliphatic hydroxyl groups is 1. The Labute approximate surface area is 189 Å². The molecule has 0 aromatic carbocycles. The van der Waals surface area contributed by atoms with Gasteiger partial charge < -0.3 is 15.7 Å². The molecule has 1 saturated heterocycles. The number of aliphatic hydroxyl groups excluding tert-OH is 1. The Bertz CT molecular complexity index is 1370. The Hall–Kier alpha value is -3.88. The molecule has 11 heteroatoms. The maximum atomic E-state index is 10.4. The summed E-state index contributed by atoms with van der Waals surface area (Å²) in [6.45, 7) is 1.45. The van der Waals surface area contributed by atoms with Crippen molar-refractivity contribution >= 4 is 16.7 Å².